The summed E-state index contributed by atoms with van der Waals surface area (Å²) in [6.45, 7) is 9.22. The number of hydrogen-bond donors (Lipinski definition) is 4. The molecule has 1 aromatic heterocycles. The zero-order valence-corrected chi connectivity index (χ0v) is 20.1. The Morgan fingerprint density at radius 1 is 1.14 bits per heavy atom. The number of guanidine groups is 1. The van der Waals surface area contributed by atoms with E-state index in [0.29, 0.717) is 13.1 Å². The predicted octanol–water partition coefficient (Wildman–Crippen LogP) is 3.77. The van der Waals surface area contributed by atoms with Crippen LogP contribution in [0.4, 0.5) is 10.5 Å². The summed E-state index contributed by atoms with van der Waals surface area (Å²) < 4.78 is 0. The first-order chi connectivity index (χ1) is 12.9. The van der Waals surface area contributed by atoms with Crippen LogP contribution in [0.15, 0.2) is 29.3 Å². The highest BCUT2D eigenvalue weighted by Crippen LogP contribution is 2.15. The third-order valence-corrected chi connectivity index (χ3v) is 4.87. The Labute approximate surface area is 187 Å². The van der Waals surface area contributed by atoms with Gasteiger partial charge in [-0.3, -0.25) is 4.99 Å². The number of halogens is 1. The minimum Gasteiger partial charge on any atom is -0.352 e. The molecule has 2 amide bonds. The normalized spacial score (nSPS) is 11.0. The van der Waals surface area contributed by atoms with E-state index >= 15 is 0 Å². The molecule has 0 aliphatic heterocycles. The highest BCUT2D eigenvalue weighted by Gasteiger charge is 2.06. The Bertz CT molecular complexity index is 769. The second-order valence-electron chi connectivity index (χ2n) is 6.48. The number of rotatable bonds is 6. The molecule has 0 fully saturated rings. The molecule has 0 saturated carbocycles. The zero-order valence-electron chi connectivity index (χ0n) is 16.9. The van der Waals surface area contributed by atoms with Gasteiger partial charge in [-0.25, -0.2) is 9.78 Å². The van der Waals surface area contributed by atoms with Crippen molar-refractivity contribution in [3.8, 4) is 0 Å². The quantitative estimate of drug-likeness (QED) is 0.267. The van der Waals surface area contributed by atoms with Crippen LogP contribution in [0.25, 0.3) is 0 Å². The van der Waals surface area contributed by atoms with Gasteiger partial charge in [0, 0.05) is 30.2 Å². The number of nitrogens with zero attached hydrogens (tertiary/aromatic N) is 2. The van der Waals surface area contributed by atoms with Crippen molar-refractivity contribution >= 4 is 53.0 Å². The molecule has 28 heavy (non-hydrogen) atoms. The summed E-state index contributed by atoms with van der Waals surface area (Å²) in [6, 6.07) is 7.61. The van der Waals surface area contributed by atoms with E-state index in [1.807, 2.05) is 45.0 Å². The molecule has 2 aromatic rings. The van der Waals surface area contributed by atoms with Crippen molar-refractivity contribution in [2.24, 2.45) is 4.99 Å². The first-order valence-electron chi connectivity index (χ1n) is 8.91. The highest BCUT2D eigenvalue weighted by molar-refractivity contribution is 14.0. The number of nitrogens with one attached hydrogen (secondary N) is 4. The first-order valence-corrected chi connectivity index (χ1v) is 9.73. The van der Waals surface area contributed by atoms with Crippen LogP contribution in [-0.2, 0) is 13.1 Å². The maximum absolute atomic E-state index is 11.7. The van der Waals surface area contributed by atoms with E-state index in [9.17, 15) is 4.79 Å². The maximum atomic E-state index is 11.7. The van der Waals surface area contributed by atoms with Gasteiger partial charge in [0.15, 0.2) is 5.96 Å². The van der Waals surface area contributed by atoms with E-state index in [1.165, 1.54) is 4.88 Å². The van der Waals surface area contributed by atoms with E-state index in [2.05, 4.69) is 38.2 Å². The molecule has 0 saturated heterocycles. The number of anilines is 1. The number of amides is 2. The van der Waals surface area contributed by atoms with Gasteiger partial charge in [0.1, 0.15) is 5.01 Å². The van der Waals surface area contributed by atoms with Gasteiger partial charge >= 0.3 is 6.03 Å². The van der Waals surface area contributed by atoms with Gasteiger partial charge in [0.05, 0.1) is 12.2 Å². The number of carbonyl (C=O) groups is 1. The zero-order chi connectivity index (χ0) is 19.8. The molecule has 0 aliphatic rings. The average molecular weight is 516 g/mol. The fourth-order valence-electron chi connectivity index (χ4n) is 2.32. The highest BCUT2D eigenvalue weighted by atomic mass is 127. The number of aliphatic imine (C=N–C) groups is 1. The largest absolute Gasteiger partial charge is 0.352 e. The third kappa shape index (κ3) is 8.01. The van der Waals surface area contributed by atoms with Crippen LogP contribution < -0.4 is 21.3 Å². The Hall–Kier alpha value is -1.88. The SMILES string of the molecule is CN=C(NCc1ccc(NC(=O)NC(C)C)cc1)NCc1nc(C)c(C)s1.I. The summed E-state index contributed by atoms with van der Waals surface area (Å²) in [5, 5.41) is 13.2. The van der Waals surface area contributed by atoms with Crippen LogP contribution in [-0.4, -0.2) is 30.1 Å². The number of thiazole rings is 1. The smallest absolute Gasteiger partial charge is 0.319 e. The Balaban J connectivity index is 0.00000392. The molecule has 0 radical (unpaired) electrons. The van der Waals surface area contributed by atoms with Gasteiger partial charge in [0.2, 0.25) is 0 Å². The third-order valence-electron chi connectivity index (χ3n) is 3.80. The van der Waals surface area contributed by atoms with Gasteiger partial charge < -0.3 is 21.3 Å². The second kappa shape index (κ2) is 11.8. The lowest BCUT2D eigenvalue weighted by Gasteiger charge is -2.12. The molecule has 0 atom stereocenters. The van der Waals surface area contributed by atoms with E-state index in [0.717, 1.165) is 27.9 Å². The molecule has 1 heterocycles. The standard InChI is InChI=1S/C19H28N6OS.HI/c1-12(2)23-19(26)25-16-8-6-15(7-9-16)10-21-18(20-5)22-11-17-24-13(3)14(4)27-17;/h6-9,12H,10-11H2,1-5H3,(H2,20,21,22)(H2,23,25,26);1H. The summed E-state index contributed by atoms with van der Waals surface area (Å²) in [5.41, 5.74) is 2.93. The topological polar surface area (TPSA) is 90.4 Å². The van der Waals surface area contributed by atoms with Crippen LogP contribution in [0.5, 0.6) is 0 Å². The number of urea groups is 1. The lowest BCUT2D eigenvalue weighted by atomic mass is 10.2. The van der Waals surface area contributed by atoms with E-state index in [-0.39, 0.29) is 36.0 Å². The van der Waals surface area contributed by atoms with Crippen molar-refractivity contribution in [2.45, 2.75) is 46.8 Å². The van der Waals surface area contributed by atoms with E-state index in [1.54, 1.807) is 18.4 Å². The van der Waals surface area contributed by atoms with Crippen molar-refractivity contribution in [3.05, 3.63) is 45.4 Å². The van der Waals surface area contributed by atoms with Crippen LogP contribution in [0.2, 0.25) is 0 Å². The summed E-state index contributed by atoms with van der Waals surface area (Å²) >= 11 is 1.70. The number of aromatic nitrogens is 1. The minimum atomic E-state index is -0.201. The predicted molar refractivity (Wildman–Crippen MR) is 128 cm³/mol. The molecular weight excluding hydrogens is 487 g/mol. The molecule has 0 bridgehead atoms. The Kier molecular flexibility index (Phi) is 10.2. The van der Waals surface area contributed by atoms with Crippen molar-refractivity contribution in [2.75, 3.05) is 12.4 Å². The lowest BCUT2D eigenvalue weighted by molar-refractivity contribution is 0.250. The van der Waals surface area contributed by atoms with E-state index in [4.69, 9.17) is 0 Å². The van der Waals surface area contributed by atoms with Crippen molar-refractivity contribution < 1.29 is 4.79 Å². The van der Waals surface area contributed by atoms with Crippen molar-refractivity contribution in [3.63, 3.8) is 0 Å². The molecule has 0 aliphatic carbocycles. The van der Waals surface area contributed by atoms with Gasteiger partial charge in [-0.05, 0) is 45.4 Å². The molecule has 4 N–H and O–H groups in total. The fourth-order valence-corrected chi connectivity index (χ4v) is 3.19. The average Bonchev–Trinajstić information content (AvgIpc) is 2.93. The number of carbonyl (C=O) groups excluding carboxylic acids is 1. The Morgan fingerprint density at radius 3 is 2.32 bits per heavy atom. The fraction of sp³-hybridized carbons (Fsp3) is 0.421. The molecule has 1 aromatic carbocycles. The number of benzene rings is 1. The first kappa shape index (κ1) is 24.2. The van der Waals surface area contributed by atoms with Crippen LogP contribution in [0.3, 0.4) is 0 Å². The number of aryl methyl sites for hydroxylation is 2. The van der Waals surface area contributed by atoms with Crippen LogP contribution in [0, 0.1) is 13.8 Å². The monoisotopic (exact) mass is 516 g/mol. The van der Waals surface area contributed by atoms with Gasteiger partial charge in [-0.15, -0.1) is 35.3 Å². The van der Waals surface area contributed by atoms with Gasteiger partial charge in [-0.1, -0.05) is 12.1 Å². The molecule has 7 nitrogen and oxygen atoms in total. The van der Waals surface area contributed by atoms with Crippen LogP contribution >= 0.6 is 35.3 Å². The Morgan fingerprint density at radius 2 is 1.79 bits per heavy atom. The molecular formula is C19H29IN6OS. The lowest BCUT2D eigenvalue weighted by Crippen LogP contribution is -2.36. The minimum absolute atomic E-state index is 0. The van der Waals surface area contributed by atoms with Gasteiger partial charge in [-0.2, -0.15) is 0 Å². The molecule has 9 heteroatoms. The van der Waals surface area contributed by atoms with E-state index < -0.39 is 0 Å². The summed E-state index contributed by atoms with van der Waals surface area (Å²) in [6.07, 6.45) is 0. The molecule has 0 unspecified atom stereocenters. The van der Waals surface area contributed by atoms with Crippen LogP contribution in [0.1, 0.15) is 35.0 Å². The van der Waals surface area contributed by atoms with Crippen molar-refractivity contribution in [1.82, 2.24) is 20.9 Å². The molecule has 154 valence electrons. The second-order valence-corrected chi connectivity index (χ2v) is 7.77. The van der Waals surface area contributed by atoms with Gasteiger partial charge in [0.25, 0.3) is 0 Å². The van der Waals surface area contributed by atoms with Crippen molar-refractivity contribution in [1.29, 1.82) is 0 Å². The maximum Gasteiger partial charge on any atom is 0.319 e. The molecule has 2 rings (SSSR count). The molecule has 0 spiro atoms. The summed E-state index contributed by atoms with van der Waals surface area (Å²) in [7, 11) is 1.74. The summed E-state index contributed by atoms with van der Waals surface area (Å²) in [4.78, 5) is 21.7. The summed E-state index contributed by atoms with van der Waals surface area (Å²) in [5.74, 6) is 0.721. The number of hydrogen-bond acceptors (Lipinski definition) is 4.